The van der Waals surface area contributed by atoms with Crippen molar-refractivity contribution in [2.45, 2.75) is 0 Å². The van der Waals surface area contributed by atoms with Gasteiger partial charge in [-0.3, -0.25) is 0 Å². The van der Waals surface area contributed by atoms with Crippen LogP contribution < -0.4 is 5.32 Å². The molecule has 4 nitrogen and oxygen atoms in total. The summed E-state index contributed by atoms with van der Waals surface area (Å²) < 4.78 is 16.8. The van der Waals surface area contributed by atoms with E-state index in [4.69, 9.17) is 14.2 Å². The van der Waals surface area contributed by atoms with Gasteiger partial charge in [0.25, 0.3) is 0 Å². The smallest absolute Gasteiger partial charge is 0.0701 e. The van der Waals surface area contributed by atoms with Crippen LogP contribution in [0.1, 0.15) is 0 Å². The van der Waals surface area contributed by atoms with E-state index >= 15 is 0 Å². The van der Waals surface area contributed by atoms with Crippen molar-refractivity contribution in [3.63, 3.8) is 0 Å². The lowest BCUT2D eigenvalue weighted by atomic mass is 10.3. The Morgan fingerprint density at radius 3 is 2.39 bits per heavy atom. The first kappa shape index (κ1) is 15.7. The van der Waals surface area contributed by atoms with Crippen LogP contribution in [0.5, 0.6) is 0 Å². The first-order valence-corrected chi connectivity index (χ1v) is 7.05. The lowest BCUT2D eigenvalue weighted by molar-refractivity contribution is 0.0272. The average Bonchev–Trinajstić information content (AvgIpc) is 2.39. The number of hydrogen-bond donors (Lipinski definition) is 1. The van der Waals surface area contributed by atoms with Gasteiger partial charge in [0.05, 0.1) is 33.0 Å². The molecule has 0 aliphatic rings. The van der Waals surface area contributed by atoms with Crippen LogP contribution >= 0.6 is 22.6 Å². The molecule has 1 aromatic carbocycles. The van der Waals surface area contributed by atoms with Crippen LogP contribution in [-0.4, -0.2) is 46.7 Å². The first-order chi connectivity index (χ1) is 8.84. The Labute approximate surface area is 122 Å². The van der Waals surface area contributed by atoms with Crippen molar-refractivity contribution >= 4 is 28.3 Å². The SMILES string of the molecule is COCCOCCOCCNc1ccccc1I. The van der Waals surface area contributed by atoms with E-state index in [9.17, 15) is 0 Å². The van der Waals surface area contributed by atoms with Crippen molar-refractivity contribution in [1.82, 2.24) is 0 Å². The fourth-order valence-corrected chi connectivity index (χ4v) is 1.90. The summed E-state index contributed by atoms with van der Waals surface area (Å²) >= 11 is 2.31. The molecule has 0 bridgehead atoms. The maximum absolute atomic E-state index is 5.44. The van der Waals surface area contributed by atoms with Gasteiger partial charge < -0.3 is 19.5 Å². The van der Waals surface area contributed by atoms with E-state index in [1.54, 1.807) is 7.11 Å². The lowest BCUT2D eigenvalue weighted by Crippen LogP contribution is -2.13. The molecule has 0 unspecified atom stereocenters. The van der Waals surface area contributed by atoms with Crippen molar-refractivity contribution in [1.29, 1.82) is 0 Å². The number of benzene rings is 1. The molecular weight excluding hydrogens is 345 g/mol. The molecule has 0 amide bonds. The largest absolute Gasteiger partial charge is 0.382 e. The Balaban J connectivity index is 1.94. The highest BCUT2D eigenvalue weighted by Gasteiger charge is 1.96. The van der Waals surface area contributed by atoms with Gasteiger partial charge in [-0.15, -0.1) is 0 Å². The standard InChI is InChI=1S/C13H20INO3/c1-16-8-9-18-11-10-17-7-6-15-13-5-3-2-4-12(13)14/h2-5,15H,6-11H2,1H3. The van der Waals surface area contributed by atoms with Crippen LogP contribution in [0.4, 0.5) is 5.69 Å². The fourth-order valence-electron chi connectivity index (χ4n) is 1.33. The fraction of sp³-hybridized carbons (Fsp3) is 0.538. The second kappa shape index (κ2) is 10.5. The predicted molar refractivity (Wildman–Crippen MR) is 81.2 cm³/mol. The number of nitrogens with one attached hydrogen (secondary N) is 1. The van der Waals surface area contributed by atoms with E-state index in [0.29, 0.717) is 33.0 Å². The van der Waals surface area contributed by atoms with Gasteiger partial charge in [-0.2, -0.15) is 0 Å². The van der Waals surface area contributed by atoms with Crippen molar-refractivity contribution < 1.29 is 14.2 Å². The third kappa shape index (κ3) is 7.15. The zero-order valence-electron chi connectivity index (χ0n) is 10.7. The molecule has 0 saturated carbocycles. The number of anilines is 1. The zero-order chi connectivity index (χ0) is 13.1. The van der Waals surface area contributed by atoms with E-state index in [2.05, 4.69) is 40.0 Å². The summed E-state index contributed by atoms with van der Waals surface area (Å²) in [5.41, 5.74) is 1.15. The number of para-hydroxylation sites is 1. The number of halogens is 1. The van der Waals surface area contributed by atoms with Crippen LogP contribution in [0.2, 0.25) is 0 Å². The Morgan fingerprint density at radius 1 is 1.00 bits per heavy atom. The molecule has 102 valence electrons. The molecule has 0 saturated heterocycles. The molecule has 0 atom stereocenters. The van der Waals surface area contributed by atoms with E-state index in [0.717, 1.165) is 12.2 Å². The molecule has 0 aliphatic carbocycles. The van der Waals surface area contributed by atoms with Gasteiger partial charge in [-0.1, -0.05) is 12.1 Å². The minimum absolute atomic E-state index is 0.617. The summed E-state index contributed by atoms with van der Waals surface area (Å²) in [4.78, 5) is 0. The highest BCUT2D eigenvalue weighted by Crippen LogP contribution is 2.16. The summed E-state index contributed by atoms with van der Waals surface area (Å²) in [7, 11) is 1.66. The summed E-state index contributed by atoms with van der Waals surface area (Å²) in [6.07, 6.45) is 0. The molecule has 0 aromatic heterocycles. The van der Waals surface area contributed by atoms with Crippen LogP contribution in [0.3, 0.4) is 0 Å². The second-order valence-corrected chi connectivity index (χ2v) is 4.79. The molecule has 5 heteroatoms. The van der Waals surface area contributed by atoms with Gasteiger partial charge in [-0.05, 0) is 34.7 Å². The quantitative estimate of drug-likeness (QED) is 0.511. The van der Waals surface area contributed by atoms with E-state index in [1.807, 2.05) is 12.1 Å². The molecule has 0 fully saturated rings. The monoisotopic (exact) mass is 365 g/mol. The van der Waals surface area contributed by atoms with Crippen LogP contribution in [0.25, 0.3) is 0 Å². The Morgan fingerprint density at radius 2 is 1.67 bits per heavy atom. The van der Waals surface area contributed by atoms with E-state index in [1.165, 1.54) is 3.57 Å². The van der Waals surface area contributed by atoms with Crippen LogP contribution in [0, 0.1) is 3.57 Å². The molecular formula is C13H20INO3. The Kier molecular flexibility index (Phi) is 9.19. The number of rotatable bonds is 10. The van der Waals surface area contributed by atoms with Crippen molar-refractivity contribution in [2.75, 3.05) is 52.0 Å². The second-order valence-electron chi connectivity index (χ2n) is 3.62. The molecule has 1 aromatic rings. The number of ether oxygens (including phenoxy) is 3. The molecule has 0 heterocycles. The summed E-state index contributed by atoms with van der Waals surface area (Å²) in [6.45, 7) is 3.98. The number of hydrogen-bond acceptors (Lipinski definition) is 4. The molecule has 1 rings (SSSR count). The van der Waals surface area contributed by atoms with Gasteiger partial charge in [0.15, 0.2) is 0 Å². The van der Waals surface area contributed by atoms with Gasteiger partial charge >= 0.3 is 0 Å². The van der Waals surface area contributed by atoms with Gasteiger partial charge in [0.2, 0.25) is 0 Å². The Bertz CT molecular complexity index is 323. The zero-order valence-corrected chi connectivity index (χ0v) is 12.8. The van der Waals surface area contributed by atoms with Crippen molar-refractivity contribution in [3.05, 3.63) is 27.8 Å². The third-order valence-corrected chi connectivity index (χ3v) is 3.18. The molecule has 18 heavy (non-hydrogen) atoms. The minimum atomic E-state index is 0.617. The maximum Gasteiger partial charge on any atom is 0.0701 e. The molecule has 0 aliphatic heterocycles. The summed E-state index contributed by atoms with van der Waals surface area (Å²) in [5.74, 6) is 0. The van der Waals surface area contributed by atoms with E-state index in [-0.39, 0.29) is 0 Å². The molecule has 0 radical (unpaired) electrons. The highest BCUT2D eigenvalue weighted by atomic mass is 127. The Hall–Kier alpha value is -0.370. The predicted octanol–water partition coefficient (Wildman–Crippen LogP) is 2.38. The van der Waals surface area contributed by atoms with Gasteiger partial charge in [0.1, 0.15) is 0 Å². The van der Waals surface area contributed by atoms with Crippen molar-refractivity contribution in [2.24, 2.45) is 0 Å². The number of methoxy groups -OCH3 is 1. The van der Waals surface area contributed by atoms with E-state index < -0.39 is 0 Å². The topological polar surface area (TPSA) is 39.7 Å². The minimum Gasteiger partial charge on any atom is -0.382 e. The van der Waals surface area contributed by atoms with Gasteiger partial charge in [-0.25, -0.2) is 0 Å². The molecule has 1 N–H and O–H groups in total. The summed E-state index contributed by atoms with van der Waals surface area (Å²) in [6, 6.07) is 8.19. The average molecular weight is 365 g/mol. The normalized spacial score (nSPS) is 10.6. The van der Waals surface area contributed by atoms with Gasteiger partial charge in [0, 0.05) is 22.9 Å². The first-order valence-electron chi connectivity index (χ1n) is 5.97. The third-order valence-electron chi connectivity index (χ3n) is 2.24. The molecule has 0 spiro atoms. The van der Waals surface area contributed by atoms with Crippen LogP contribution in [0.15, 0.2) is 24.3 Å². The lowest BCUT2D eigenvalue weighted by Gasteiger charge is -2.09. The maximum atomic E-state index is 5.44. The van der Waals surface area contributed by atoms with Crippen LogP contribution in [-0.2, 0) is 14.2 Å². The van der Waals surface area contributed by atoms with Crippen molar-refractivity contribution in [3.8, 4) is 0 Å². The summed E-state index contributed by atoms with van der Waals surface area (Å²) in [5, 5.41) is 3.33. The highest BCUT2D eigenvalue weighted by molar-refractivity contribution is 14.1.